The molecule has 3 aromatic rings. The van der Waals surface area contributed by atoms with Gasteiger partial charge in [-0.25, -0.2) is 9.78 Å². The van der Waals surface area contributed by atoms with Gasteiger partial charge in [-0.15, -0.1) is 0 Å². The number of nitrogens with one attached hydrogen (secondary N) is 1. The van der Waals surface area contributed by atoms with Crippen LogP contribution < -0.4 is 29.0 Å². The molecule has 0 spiro atoms. The van der Waals surface area contributed by atoms with E-state index in [2.05, 4.69) is 10.3 Å². The second kappa shape index (κ2) is 14.2. The van der Waals surface area contributed by atoms with Crippen molar-refractivity contribution in [2.45, 2.75) is 45.8 Å². The number of hydrogen-bond donors (Lipinski definition) is 1. The Morgan fingerprint density at radius 2 is 1.43 bits per heavy atom. The zero-order chi connectivity index (χ0) is 31.0. The summed E-state index contributed by atoms with van der Waals surface area (Å²) in [5, 5.41) is 2.57. The summed E-state index contributed by atoms with van der Waals surface area (Å²) in [5.41, 5.74) is 2.31. The number of esters is 2. The fraction of sp³-hybridized carbons (Fsp3) is 0.355. The van der Waals surface area contributed by atoms with Crippen LogP contribution in [0.4, 0.5) is 0 Å². The summed E-state index contributed by atoms with van der Waals surface area (Å²) >= 11 is 0. The monoisotopic (exact) mass is 580 g/mol. The molecule has 42 heavy (non-hydrogen) atoms. The molecule has 0 bridgehead atoms. The molecule has 11 nitrogen and oxygen atoms in total. The van der Waals surface area contributed by atoms with Crippen LogP contribution in [-0.2, 0) is 14.3 Å². The van der Waals surface area contributed by atoms with Crippen LogP contribution in [0.15, 0.2) is 48.7 Å². The molecule has 0 saturated carbocycles. The fourth-order valence-electron chi connectivity index (χ4n) is 4.51. The Labute approximate surface area is 245 Å². The van der Waals surface area contributed by atoms with E-state index in [-0.39, 0.29) is 17.2 Å². The molecule has 1 N–H and O–H groups in total. The second-order valence-corrected chi connectivity index (χ2v) is 9.43. The summed E-state index contributed by atoms with van der Waals surface area (Å²) in [6, 6.07) is 11.4. The number of aryl methyl sites for hydroxylation is 1. The van der Waals surface area contributed by atoms with Crippen molar-refractivity contribution in [3.63, 3.8) is 0 Å². The Morgan fingerprint density at radius 1 is 0.810 bits per heavy atom. The van der Waals surface area contributed by atoms with E-state index in [1.807, 2.05) is 31.2 Å². The first-order chi connectivity index (χ1) is 20.0. The topological polar surface area (TPSA) is 132 Å². The third-order valence-electron chi connectivity index (χ3n) is 6.62. The standard InChI is InChI=1S/C31H36N2O9/c1-17-9-10-21(37-5)15-23(17)27(24-16-22(38-6)11-12-25(24)39-7)19(3)41-31(36)18(2)33-30(35)28-29(42-20(4)34)26(40-8)13-14-32-28/h9-16,18-19,27H,1-8H3,(H,33,35)/t18-,19-,27?/m0/s1. The number of nitrogens with zero attached hydrogens (tertiary/aromatic N) is 1. The molecule has 0 radical (unpaired) electrons. The third kappa shape index (κ3) is 7.28. The molecule has 224 valence electrons. The van der Waals surface area contributed by atoms with Crippen LogP contribution in [0.2, 0.25) is 0 Å². The molecule has 0 fully saturated rings. The van der Waals surface area contributed by atoms with Gasteiger partial charge in [0.1, 0.15) is 29.4 Å². The van der Waals surface area contributed by atoms with E-state index >= 15 is 0 Å². The van der Waals surface area contributed by atoms with E-state index in [1.165, 1.54) is 33.2 Å². The van der Waals surface area contributed by atoms with Gasteiger partial charge < -0.3 is 33.7 Å². The maximum Gasteiger partial charge on any atom is 0.328 e. The molecule has 1 unspecified atom stereocenters. The van der Waals surface area contributed by atoms with Crippen molar-refractivity contribution in [3.8, 4) is 28.7 Å². The Balaban J connectivity index is 1.93. The molecule has 0 aliphatic rings. The number of aromatic nitrogens is 1. The van der Waals surface area contributed by atoms with Gasteiger partial charge in [-0.05, 0) is 62.2 Å². The zero-order valence-corrected chi connectivity index (χ0v) is 25.0. The number of amides is 1. The number of hydrogen-bond acceptors (Lipinski definition) is 10. The molecule has 0 aliphatic carbocycles. The summed E-state index contributed by atoms with van der Waals surface area (Å²) < 4.78 is 32.9. The second-order valence-electron chi connectivity index (χ2n) is 9.43. The van der Waals surface area contributed by atoms with E-state index < -0.39 is 35.9 Å². The lowest BCUT2D eigenvalue weighted by Crippen LogP contribution is -2.42. The van der Waals surface area contributed by atoms with Crippen LogP contribution in [0.1, 0.15) is 53.9 Å². The lowest BCUT2D eigenvalue weighted by Gasteiger charge is -2.29. The average molecular weight is 581 g/mol. The van der Waals surface area contributed by atoms with E-state index in [0.29, 0.717) is 17.2 Å². The molecule has 0 aliphatic heterocycles. The predicted octanol–water partition coefficient (Wildman–Crippen LogP) is 4.23. The summed E-state index contributed by atoms with van der Waals surface area (Å²) in [7, 11) is 6.07. The smallest absolute Gasteiger partial charge is 0.328 e. The van der Waals surface area contributed by atoms with Crippen molar-refractivity contribution in [2.24, 2.45) is 0 Å². The molecule has 3 rings (SSSR count). The SMILES string of the molecule is COc1ccc(C)c(C(c2cc(OC)ccc2OC)[C@H](C)OC(=O)[C@H](C)NC(=O)c2nccc(OC)c2OC(C)=O)c1. The van der Waals surface area contributed by atoms with Crippen LogP contribution in [0.5, 0.6) is 28.7 Å². The van der Waals surface area contributed by atoms with Crippen molar-refractivity contribution in [3.05, 3.63) is 71.0 Å². The van der Waals surface area contributed by atoms with Gasteiger partial charge in [0.25, 0.3) is 5.91 Å². The molecular formula is C31H36N2O9. The van der Waals surface area contributed by atoms with Crippen LogP contribution in [0, 0.1) is 6.92 Å². The lowest BCUT2D eigenvalue weighted by molar-refractivity contribution is -0.150. The highest BCUT2D eigenvalue weighted by Gasteiger charge is 2.32. The summed E-state index contributed by atoms with van der Waals surface area (Å²) in [5.74, 6) is -0.806. The van der Waals surface area contributed by atoms with Crippen LogP contribution in [-0.4, -0.2) is 63.4 Å². The number of rotatable bonds is 12. The van der Waals surface area contributed by atoms with Crippen molar-refractivity contribution in [1.29, 1.82) is 0 Å². The number of pyridine rings is 1. The largest absolute Gasteiger partial charge is 0.497 e. The normalized spacial score (nSPS) is 12.8. The van der Waals surface area contributed by atoms with Gasteiger partial charge in [0.15, 0.2) is 11.4 Å². The molecular weight excluding hydrogens is 544 g/mol. The first-order valence-corrected chi connectivity index (χ1v) is 13.1. The number of carbonyl (C=O) groups is 3. The molecule has 0 saturated heterocycles. The summed E-state index contributed by atoms with van der Waals surface area (Å²) in [6.45, 7) is 6.38. The number of ether oxygens (including phenoxy) is 6. The van der Waals surface area contributed by atoms with Gasteiger partial charge in [-0.3, -0.25) is 9.59 Å². The van der Waals surface area contributed by atoms with Gasteiger partial charge in [0, 0.05) is 30.7 Å². The van der Waals surface area contributed by atoms with Gasteiger partial charge in [0.05, 0.1) is 28.4 Å². The molecule has 2 aromatic carbocycles. The van der Waals surface area contributed by atoms with E-state index in [0.717, 1.165) is 16.7 Å². The van der Waals surface area contributed by atoms with Crippen molar-refractivity contribution in [1.82, 2.24) is 10.3 Å². The number of methoxy groups -OCH3 is 4. The average Bonchev–Trinajstić information content (AvgIpc) is 2.97. The minimum Gasteiger partial charge on any atom is -0.497 e. The van der Waals surface area contributed by atoms with E-state index in [1.54, 1.807) is 40.4 Å². The van der Waals surface area contributed by atoms with Crippen molar-refractivity contribution < 1.29 is 42.8 Å². The van der Waals surface area contributed by atoms with Crippen molar-refractivity contribution >= 4 is 17.8 Å². The first kappa shape index (κ1) is 31.7. The molecule has 1 aromatic heterocycles. The quantitative estimate of drug-likeness (QED) is 0.311. The maximum atomic E-state index is 13.3. The van der Waals surface area contributed by atoms with Gasteiger partial charge in [-0.1, -0.05) is 6.07 Å². The Hall–Kier alpha value is -4.80. The Kier molecular flexibility index (Phi) is 10.7. The maximum absolute atomic E-state index is 13.3. The van der Waals surface area contributed by atoms with E-state index in [4.69, 9.17) is 28.4 Å². The van der Waals surface area contributed by atoms with Gasteiger partial charge in [-0.2, -0.15) is 0 Å². The van der Waals surface area contributed by atoms with Crippen LogP contribution in [0.3, 0.4) is 0 Å². The predicted molar refractivity (Wildman–Crippen MR) is 154 cm³/mol. The zero-order valence-electron chi connectivity index (χ0n) is 25.0. The summed E-state index contributed by atoms with van der Waals surface area (Å²) in [6.07, 6.45) is 0.601. The Bertz CT molecular complexity index is 1440. The van der Waals surface area contributed by atoms with Gasteiger partial charge >= 0.3 is 11.9 Å². The number of carbonyl (C=O) groups excluding carboxylic acids is 3. The molecule has 3 atom stereocenters. The van der Waals surface area contributed by atoms with Crippen molar-refractivity contribution in [2.75, 3.05) is 28.4 Å². The minimum atomic E-state index is -1.09. The highest BCUT2D eigenvalue weighted by Crippen LogP contribution is 2.40. The van der Waals surface area contributed by atoms with Crippen LogP contribution >= 0.6 is 0 Å². The van der Waals surface area contributed by atoms with Gasteiger partial charge in [0.2, 0.25) is 5.75 Å². The molecule has 1 heterocycles. The highest BCUT2D eigenvalue weighted by molar-refractivity contribution is 5.98. The fourth-order valence-corrected chi connectivity index (χ4v) is 4.51. The molecule has 1 amide bonds. The highest BCUT2D eigenvalue weighted by atomic mass is 16.6. The summed E-state index contributed by atoms with van der Waals surface area (Å²) in [4.78, 5) is 42.0. The Morgan fingerprint density at radius 3 is 2.02 bits per heavy atom. The lowest BCUT2D eigenvalue weighted by atomic mass is 9.84. The first-order valence-electron chi connectivity index (χ1n) is 13.1. The van der Waals surface area contributed by atoms with E-state index in [9.17, 15) is 14.4 Å². The van der Waals surface area contributed by atoms with Crippen LogP contribution in [0.25, 0.3) is 0 Å². The molecule has 11 heteroatoms. The minimum absolute atomic E-state index is 0.137. The third-order valence-corrected chi connectivity index (χ3v) is 6.62. The number of benzene rings is 2.